The Morgan fingerprint density at radius 1 is 1.12 bits per heavy atom. The molecule has 1 aliphatic rings. The van der Waals surface area contributed by atoms with Crippen LogP contribution in [0.3, 0.4) is 0 Å². The fourth-order valence-corrected chi connectivity index (χ4v) is 4.12. The molecule has 7 heteroatoms. The second-order valence-corrected chi connectivity index (χ2v) is 8.75. The van der Waals surface area contributed by atoms with Crippen LogP contribution in [0.1, 0.15) is 48.0 Å². The summed E-state index contributed by atoms with van der Waals surface area (Å²) in [6, 6.07) is 11.8. The zero-order valence-electron chi connectivity index (χ0n) is 18.4. The summed E-state index contributed by atoms with van der Waals surface area (Å²) in [5.74, 6) is 0.968. The summed E-state index contributed by atoms with van der Waals surface area (Å²) in [7, 11) is 1.57. The summed E-state index contributed by atoms with van der Waals surface area (Å²) in [5.41, 5.74) is 1.18. The van der Waals surface area contributed by atoms with E-state index in [0.717, 1.165) is 12.0 Å². The van der Waals surface area contributed by atoms with E-state index in [0.29, 0.717) is 53.0 Å². The lowest BCUT2D eigenvalue weighted by atomic mass is 9.98. The van der Waals surface area contributed by atoms with Crippen LogP contribution in [0.15, 0.2) is 51.7 Å². The van der Waals surface area contributed by atoms with Crippen LogP contribution >= 0.6 is 11.6 Å². The van der Waals surface area contributed by atoms with Crippen LogP contribution in [0.2, 0.25) is 5.02 Å². The first-order valence-electron chi connectivity index (χ1n) is 10.7. The number of halogens is 1. The van der Waals surface area contributed by atoms with Gasteiger partial charge < -0.3 is 18.8 Å². The Morgan fingerprint density at radius 3 is 2.69 bits per heavy atom. The highest BCUT2D eigenvalue weighted by Gasteiger charge is 2.42. The highest BCUT2D eigenvalue weighted by atomic mass is 35.5. The van der Waals surface area contributed by atoms with Gasteiger partial charge in [-0.2, -0.15) is 0 Å². The highest BCUT2D eigenvalue weighted by Crippen LogP contribution is 2.39. The summed E-state index contributed by atoms with van der Waals surface area (Å²) in [4.78, 5) is 28.4. The molecule has 0 N–H and O–H groups in total. The summed E-state index contributed by atoms with van der Waals surface area (Å²) in [5, 5.41) is 0.786. The molecule has 0 radical (unpaired) electrons. The third-order valence-corrected chi connectivity index (χ3v) is 5.84. The molecule has 0 saturated carbocycles. The maximum Gasteiger partial charge on any atom is 0.290 e. The van der Waals surface area contributed by atoms with Gasteiger partial charge >= 0.3 is 0 Å². The Bertz CT molecular complexity index is 1200. The number of benzene rings is 2. The van der Waals surface area contributed by atoms with Crippen LogP contribution < -0.4 is 10.2 Å². The van der Waals surface area contributed by atoms with Gasteiger partial charge in [-0.1, -0.05) is 37.6 Å². The molecule has 3 aromatic rings. The predicted octanol–water partition coefficient (Wildman–Crippen LogP) is 5.06. The molecule has 0 fully saturated rings. The van der Waals surface area contributed by atoms with Crippen molar-refractivity contribution < 1.29 is 18.7 Å². The fraction of sp³-hybridized carbons (Fsp3) is 0.360. The molecule has 4 rings (SSSR count). The zero-order valence-corrected chi connectivity index (χ0v) is 19.1. The molecule has 32 heavy (non-hydrogen) atoms. The minimum absolute atomic E-state index is 0.0667. The molecular weight excluding hydrogens is 430 g/mol. The van der Waals surface area contributed by atoms with Gasteiger partial charge in [-0.3, -0.25) is 9.59 Å². The third-order valence-electron chi connectivity index (χ3n) is 5.60. The summed E-state index contributed by atoms with van der Waals surface area (Å²) >= 11 is 6.12. The van der Waals surface area contributed by atoms with E-state index < -0.39 is 6.04 Å². The molecule has 1 amide bonds. The van der Waals surface area contributed by atoms with Crippen molar-refractivity contribution in [2.45, 2.75) is 26.3 Å². The van der Waals surface area contributed by atoms with Crippen molar-refractivity contribution in [3.05, 3.63) is 74.6 Å². The molecule has 1 atom stereocenters. The van der Waals surface area contributed by atoms with E-state index in [4.69, 9.17) is 25.5 Å². The van der Waals surface area contributed by atoms with Crippen LogP contribution in [0, 0.1) is 5.92 Å². The molecule has 2 aromatic carbocycles. The standard InChI is InChI=1S/C25H26ClNO5/c1-15(2)9-11-31-18-6-4-5-16(13-18)22-21-23(28)19-14-17(26)7-8-20(19)32-24(21)25(29)27(22)10-12-30-3/h4-8,13-15,22H,9-12H2,1-3H3. The smallest absolute Gasteiger partial charge is 0.290 e. The molecule has 0 spiro atoms. The molecule has 168 valence electrons. The van der Waals surface area contributed by atoms with Crippen molar-refractivity contribution in [3.8, 4) is 5.75 Å². The second-order valence-electron chi connectivity index (χ2n) is 8.31. The molecular formula is C25H26ClNO5. The SMILES string of the molecule is COCCN1C(=O)c2oc3ccc(Cl)cc3c(=O)c2C1c1cccc(OCCC(C)C)c1. The molecule has 2 heterocycles. The number of amides is 1. The number of hydrogen-bond acceptors (Lipinski definition) is 5. The molecule has 1 aromatic heterocycles. The largest absolute Gasteiger partial charge is 0.494 e. The van der Waals surface area contributed by atoms with E-state index >= 15 is 0 Å². The monoisotopic (exact) mass is 455 g/mol. The van der Waals surface area contributed by atoms with Crippen LogP contribution in [0.4, 0.5) is 0 Å². The molecule has 1 aliphatic heterocycles. The van der Waals surface area contributed by atoms with Crippen molar-refractivity contribution in [2.75, 3.05) is 26.9 Å². The van der Waals surface area contributed by atoms with Crippen LogP contribution in [-0.4, -0.2) is 37.7 Å². The highest BCUT2D eigenvalue weighted by molar-refractivity contribution is 6.31. The Balaban J connectivity index is 1.81. The number of nitrogens with zero attached hydrogens (tertiary/aromatic N) is 1. The van der Waals surface area contributed by atoms with Gasteiger partial charge in [0.15, 0.2) is 5.43 Å². The van der Waals surface area contributed by atoms with E-state index in [1.807, 2.05) is 24.3 Å². The first-order valence-corrected chi connectivity index (χ1v) is 11.1. The van der Waals surface area contributed by atoms with Crippen LogP contribution in [-0.2, 0) is 4.74 Å². The Hall–Kier alpha value is -2.83. The summed E-state index contributed by atoms with van der Waals surface area (Å²) < 4.78 is 17.0. The van der Waals surface area contributed by atoms with Crippen molar-refractivity contribution in [1.29, 1.82) is 0 Å². The average molecular weight is 456 g/mol. The molecule has 6 nitrogen and oxygen atoms in total. The van der Waals surface area contributed by atoms with Crippen molar-refractivity contribution in [3.63, 3.8) is 0 Å². The molecule has 0 aliphatic carbocycles. The van der Waals surface area contributed by atoms with E-state index in [1.54, 1.807) is 30.2 Å². The quantitative estimate of drug-likeness (QED) is 0.474. The summed E-state index contributed by atoms with van der Waals surface area (Å²) in [6.07, 6.45) is 0.936. The van der Waals surface area contributed by atoms with E-state index in [-0.39, 0.29) is 17.1 Å². The van der Waals surface area contributed by atoms with E-state index in [9.17, 15) is 9.59 Å². The molecule has 0 saturated heterocycles. The topological polar surface area (TPSA) is 69.0 Å². The Labute approximate surface area is 191 Å². The number of ether oxygens (including phenoxy) is 2. The first kappa shape index (κ1) is 22.4. The second kappa shape index (κ2) is 9.35. The van der Waals surface area contributed by atoms with Gasteiger partial charge in [-0.15, -0.1) is 0 Å². The van der Waals surface area contributed by atoms with Gasteiger partial charge in [0.05, 0.1) is 30.2 Å². The van der Waals surface area contributed by atoms with Crippen molar-refractivity contribution in [2.24, 2.45) is 5.92 Å². The van der Waals surface area contributed by atoms with Crippen LogP contribution in [0.25, 0.3) is 11.0 Å². The maximum absolute atomic E-state index is 13.5. The average Bonchev–Trinajstić information content (AvgIpc) is 3.05. The first-order chi connectivity index (χ1) is 15.4. The Morgan fingerprint density at radius 2 is 1.94 bits per heavy atom. The van der Waals surface area contributed by atoms with E-state index in [1.165, 1.54) is 0 Å². The lowest BCUT2D eigenvalue weighted by molar-refractivity contribution is 0.0663. The number of carbonyl (C=O) groups is 1. The fourth-order valence-electron chi connectivity index (χ4n) is 3.95. The lowest BCUT2D eigenvalue weighted by Crippen LogP contribution is -2.32. The normalized spacial score (nSPS) is 15.6. The number of hydrogen-bond donors (Lipinski definition) is 0. The number of rotatable bonds is 8. The number of methoxy groups -OCH3 is 1. The predicted molar refractivity (Wildman–Crippen MR) is 124 cm³/mol. The zero-order chi connectivity index (χ0) is 22.8. The third kappa shape index (κ3) is 4.25. The lowest BCUT2D eigenvalue weighted by Gasteiger charge is -2.25. The van der Waals surface area contributed by atoms with Crippen molar-refractivity contribution >= 4 is 28.5 Å². The van der Waals surface area contributed by atoms with Gasteiger partial charge in [0, 0.05) is 18.7 Å². The number of fused-ring (bicyclic) bond motifs is 2. The van der Waals surface area contributed by atoms with E-state index in [2.05, 4.69) is 13.8 Å². The maximum atomic E-state index is 13.5. The van der Waals surface area contributed by atoms with Gasteiger partial charge in [-0.25, -0.2) is 0 Å². The van der Waals surface area contributed by atoms with Gasteiger partial charge in [0.25, 0.3) is 5.91 Å². The minimum atomic E-state index is -0.596. The molecule has 1 unspecified atom stereocenters. The Kier molecular flexibility index (Phi) is 6.53. The van der Waals surface area contributed by atoms with Crippen LogP contribution in [0.5, 0.6) is 5.75 Å². The van der Waals surface area contributed by atoms with Gasteiger partial charge in [0.1, 0.15) is 11.3 Å². The minimum Gasteiger partial charge on any atom is -0.494 e. The molecule has 0 bridgehead atoms. The van der Waals surface area contributed by atoms with Gasteiger partial charge in [0.2, 0.25) is 5.76 Å². The summed E-state index contributed by atoms with van der Waals surface area (Å²) in [6.45, 7) is 5.54. The van der Waals surface area contributed by atoms with Gasteiger partial charge in [-0.05, 0) is 48.2 Å². The number of carbonyl (C=O) groups excluding carboxylic acids is 1. The van der Waals surface area contributed by atoms with Crippen molar-refractivity contribution in [1.82, 2.24) is 4.90 Å².